The topological polar surface area (TPSA) is 83.4 Å². The maximum absolute atomic E-state index is 12.7. The van der Waals surface area contributed by atoms with E-state index in [1.807, 2.05) is 47.8 Å². The molecule has 7 heteroatoms. The van der Waals surface area contributed by atoms with Gasteiger partial charge in [0.25, 0.3) is 5.91 Å². The molecule has 2 aromatic carbocycles. The third-order valence-corrected chi connectivity index (χ3v) is 5.81. The van der Waals surface area contributed by atoms with Crippen LogP contribution in [0.4, 0.5) is 5.69 Å². The maximum Gasteiger partial charge on any atom is 0.253 e. The standard InChI is InChI=1S/C25H23N3O3S/c29-23(17-26-24(22-13-7-15-32-22)18-8-2-1-3-9-18)28-21-12-5-4-11-20(21)25(30)27-16-19-10-6-14-31-19/h1-15,24,26H,16-17H2,(H,27,30)(H,28,29)/t24-/m0/s1. The number of nitrogens with one attached hydrogen (secondary N) is 3. The van der Waals surface area contributed by atoms with Crippen LogP contribution in [0, 0.1) is 0 Å². The quantitative estimate of drug-likeness (QED) is 0.352. The molecule has 0 saturated heterocycles. The van der Waals surface area contributed by atoms with Crippen LogP contribution in [0.1, 0.15) is 32.6 Å². The van der Waals surface area contributed by atoms with Crippen molar-refractivity contribution in [2.75, 3.05) is 11.9 Å². The van der Waals surface area contributed by atoms with Gasteiger partial charge in [-0.15, -0.1) is 11.3 Å². The van der Waals surface area contributed by atoms with Crippen LogP contribution >= 0.6 is 11.3 Å². The van der Waals surface area contributed by atoms with Crippen molar-refractivity contribution in [1.29, 1.82) is 0 Å². The lowest BCUT2D eigenvalue weighted by molar-refractivity contribution is -0.115. The first-order valence-electron chi connectivity index (χ1n) is 10.2. The summed E-state index contributed by atoms with van der Waals surface area (Å²) in [5.74, 6) is 0.143. The lowest BCUT2D eigenvalue weighted by atomic mass is 10.1. The van der Waals surface area contributed by atoms with Crippen LogP contribution in [-0.4, -0.2) is 18.4 Å². The van der Waals surface area contributed by atoms with Crippen molar-refractivity contribution >= 4 is 28.8 Å². The summed E-state index contributed by atoms with van der Waals surface area (Å²) in [6.07, 6.45) is 1.56. The van der Waals surface area contributed by atoms with Crippen molar-refractivity contribution in [2.45, 2.75) is 12.6 Å². The Morgan fingerprint density at radius 3 is 2.47 bits per heavy atom. The van der Waals surface area contributed by atoms with Crippen molar-refractivity contribution in [3.8, 4) is 0 Å². The Morgan fingerprint density at radius 1 is 0.906 bits per heavy atom. The van der Waals surface area contributed by atoms with Gasteiger partial charge >= 0.3 is 0 Å². The molecule has 2 amide bonds. The second kappa shape index (κ2) is 10.6. The molecule has 1 atom stereocenters. The summed E-state index contributed by atoms with van der Waals surface area (Å²) in [4.78, 5) is 26.5. The summed E-state index contributed by atoms with van der Waals surface area (Å²) in [6.45, 7) is 0.370. The molecule has 32 heavy (non-hydrogen) atoms. The molecule has 0 aliphatic carbocycles. The van der Waals surface area contributed by atoms with Crippen LogP contribution in [0.3, 0.4) is 0 Å². The van der Waals surface area contributed by atoms with Crippen LogP contribution < -0.4 is 16.0 Å². The fraction of sp³-hybridized carbons (Fsp3) is 0.120. The van der Waals surface area contributed by atoms with E-state index in [4.69, 9.17) is 4.42 Å². The number of amides is 2. The van der Waals surface area contributed by atoms with Crippen LogP contribution in [0.25, 0.3) is 0 Å². The molecule has 0 radical (unpaired) electrons. The lowest BCUT2D eigenvalue weighted by Gasteiger charge is -2.18. The molecule has 162 valence electrons. The zero-order valence-corrected chi connectivity index (χ0v) is 18.1. The van der Waals surface area contributed by atoms with E-state index >= 15 is 0 Å². The number of hydrogen-bond acceptors (Lipinski definition) is 5. The van der Waals surface area contributed by atoms with E-state index in [0.29, 0.717) is 17.0 Å². The highest BCUT2D eigenvalue weighted by Crippen LogP contribution is 2.25. The zero-order chi connectivity index (χ0) is 22.2. The summed E-state index contributed by atoms with van der Waals surface area (Å²) < 4.78 is 5.24. The second-order valence-corrected chi connectivity index (χ2v) is 8.08. The number of benzene rings is 2. The minimum absolute atomic E-state index is 0.0891. The van der Waals surface area contributed by atoms with E-state index in [0.717, 1.165) is 10.4 Å². The van der Waals surface area contributed by atoms with E-state index in [1.54, 1.807) is 54.0 Å². The SMILES string of the molecule is O=C(CN[C@@H](c1ccccc1)c1cccs1)Nc1ccccc1C(=O)NCc1ccco1. The first-order chi connectivity index (χ1) is 15.7. The third kappa shape index (κ3) is 5.51. The van der Waals surface area contributed by atoms with Gasteiger partial charge in [-0.2, -0.15) is 0 Å². The maximum atomic E-state index is 12.7. The molecule has 0 spiro atoms. The number of para-hydroxylation sites is 1. The Hall–Kier alpha value is -3.68. The Labute approximate surface area is 190 Å². The molecule has 4 rings (SSSR count). The summed E-state index contributed by atoms with van der Waals surface area (Å²) in [6, 6.07) is 24.4. The van der Waals surface area contributed by atoms with Gasteiger partial charge in [0.2, 0.25) is 5.91 Å². The molecular weight excluding hydrogens is 422 g/mol. The zero-order valence-electron chi connectivity index (χ0n) is 17.3. The van der Waals surface area contributed by atoms with Crippen LogP contribution in [0.5, 0.6) is 0 Å². The first-order valence-corrected chi connectivity index (χ1v) is 11.1. The smallest absolute Gasteiger partial charge is 0.253 e. The molecule has 0 unspecified atom stereocenters. The molecule has 0 saturated carbocycles. The van der Waals surface area contributed by atoms with E-state index < -0.39 is 0 Å². The van der Waals surface area contributed by atoms with Crippen molar-refractivity contribution in [2.24, 2.45) is 0 Å². The molecule has 0 aliphatic rings. The van der Waals surface area contributed by atoms with Crippen molar-refractivity contribution < 1.29 is 14.0 Å². The molecule has 2 aromatic heterocycles. The number of hydrogen-bond donors (Lipinski definition) is 3. The average molecular weight is 446 g/mol. The average Bonchev–Trinajstić information content (AvgIpc) is 3.53. The molecule has 3 N–H and O–H groups in total. The Balaban J connectivity index is 1.40. The van der Waals surface area contributed by atoms with Crippen LogP contribution in [0.15, 0.2) is 94.9 Å². The van der Waals surface area contributed by atoms with Crippen molar-refractivity contribution in [1.82, 2.24) is 10.6 Å². The molecule has 4 aromatic rings. The fourth-order valence-corrected chi connectivity index (χ4v) is 4.17. The fourth-order valence-electron chi connectivity index (χ4n) is 3.34. The predicted octanol–water partition coefficient (Wildman–Crippen LogP) is 4.59. The number of thiophene rings is 1. The number of furan rings is 1. The van der Waals surface area contributed by atoms with E-state index in [2.05, 4.69) is 16.0 Å². The van der Waals surface area contributed by atoms with Gasteiger partial charge in [0, 0.05) is 4.88 Å². The summed E-state index contributed by atoms with van der Waals surface area (Å²) >= 11 is 1.64. The highest BCUT2D eigenvalue weighted by Gasteiger charge is 2.17. The van der Waals surface area contributed by atoms with E-state index in [1.165, 1.54) is 0 Å². The highest BCUT2D eigenvalue weighted by atomic mass is 32.1. The Morgan fingerprint density at radius 2 is 1.72 bits per heavy atom. The second-order valence-electron chi connectivity index (χ2n) is 7.10. The van der Waals surface area contributed by atoms with Gasteiger partial charge in [-0.25, -0.2) is 0 Å². The Kier molecular flexibility index (Phi) is 7.12. The molecule has 6 nitrogen and oxygen atoms in total. The Bertz CT molecular complexity index is 1140. The van der Waals surface area contributed by atoms with Gasteiger partial charge in [0.05, 0.1) is 36.6 Å². The highest BCUT2D eigenvalue weighted by molar-refractivity contribution is 7.10. The van der Waals surface area contributed by atoms with Crippen LogP contribution in [-0.2, 0) is 11.3 Å². The first kappa shape index (κ1) is 21.5. The molecule has 2 heterocycles. The molecule has 0 fully saturated rings. The number of carbonyl (C=O) groups is 2. The summed E-state index contributed by atoms with van der Waals surface area (Å²) in [5, 5.41) is 11.0. The van der Waals surface area contributed by atoms with Crippen molar-refractivity contribution in [3.05, 3.63) is 112 Å². The van der Waals surface area contributed by atoms with Gasteiger partial charge in [0.15, 0.2) is 0 Å². The van der Waals surface area contributed by atoms with Crippen LogP contribution in [0.2, 0.25) is 0 Å². The van der Waals surface area contributed by atoms with Gasteiger partial charge in [-0.3, -0.25) is 14.9 Å². The normalized spacial score (nSPS) is 11.6. The third-order valence-electron chi connectivity index (χ3n) is 4.88. The largest absolute Gasteiger partial charge is 0.467 e. The van der Waals surface area contributed by atoms with E-state index in [9.17, 15) is 9.59 Å². The van der Waals surface area contributed by atoms with Crippen molar-refractivity contribution in [3.63, 3.8) is 0 Å². The number of anilines is 1. The molecular formula is C25H23N3O3S. The van der Waals surface area contributed by atoms with Gasteiger partial charge < -0.3 is 15.1 Å². The van der Waals surface area contributed by atoms with Gasteiger partial charge in [-0.1, -0.05) is 48.5 Å². The predicted molar refractivity (Wildman–Crippen MR) is 126 cm³/mol. The minimum atomic E-state index is -0.286. The number of rotatable bonds is 9. The minimum Gasteiger partial charge on any atom is -0.467 e. The summed E-state index contributed by atoms with van der Waals surface area (Å²) in [5.41, 5.74) is 1.94. The molecule has 0 bridgehead atoms. The molecule has 0 aliphatic heterocycles. The summed E-state index contributed by atoms with van der Waals surface area (Å²) in [7, 11) is 0. The van der Waals surface area contributed by atoms with Gasteiger partial charge in [0.1, 0.15) is 5.76 Å². The number of carbonyl (C=O) groups excluding carboxylic acids is 2. The van der Waals surface area contributed by atoms with E-state index in [-0.39, 0.29) is 30.9 Å². The van der Waals surface area contributed by atoms with Gasteiger partial charge in [-0.05, 0) is 41.3 Å². The monoisotopic (exact) mass is 445 g/mol. The lowest BCUT2D eigenvalue weighted by Crippen LogP contribution is -2.32.